The number of carboxylic acid groups (broad SMARTS) is 1. The molecule has 1 aromatic heterocycles. The van der Waals surface area contributed by atoms with Crippen molar-refractivity contribution in [2.75, 3.05) is 17.3 Å². The smallest absolute Gasteiger partial charge is 0.313 e. The Morgan fingerprint density at radius 1 is 1.40 bits per heavy atom. The first-order valence-corrected chi connectivity index (χ1v) is 8.92. The fourth-order valence-electron chi connectivity index (χ4n) is 0.858. The molecule has 0 aromatic carbocycles. The van der Waals surface area contributed by atoms with Gasteiger partial charge in [-0.05, 0) is 13.8 Å². The first-order valence-electron chi connectivity index (χ1n) is 5.23. The molecule has 1 heterocycles. The Bertz CT molecular complexity index is 623. The van der Waals surface area contributed by atoms with Crippen LogP contribution in [0.5, 0.6) is 0 Å². The molecule has 0 bridgehead atoms. The molecule has 0 aliphatic heterocycles. The lowest BCUT2D eigenvalue weighted by molar-refractivity contribution is -0.133. The molecular formula is C9H13N3O5S3. The number of rotatable bonds is 6. The number of thioether (sulfide) groups is 1. The number of anilines is 1. The largest absolute Gasteiger partial charge is 0.481 e. The van der Waals surface area contributed by atoms with E-state index in [1.54, 1.807) is 0 Å². The molecule has 0 saturated carbocycles. The number of aliphatic carboxylic acids is 1. The van der Waals surface area contributed by atoms with Crippen LogP contribution in [0.15, 0.2) is 4.34 Å². The summed E-state index contributed by atoms with van der Waals surface area (Å²) in [7, 11) is -3.57. The summed E-state index contributed by atoms with van der Waals surface area (Å²) in [6.07, 6.45) is 0.973. The SMILES string of the molecule is CC(C)(C(=O)Nc1nnc(SCC(=O)O)s1)S(C)(=O)=O. The second kappa shape index (κ2) is 6.06. The van der Waals surface area contributed by atoms with Crippen LogP contribution in [-0.2, 0) is 19.4 Å². The Morgan fingerprint density at radius 2 is 2.00 bits per heavy atom. The third kappa shape index (κ3) is 4.15. The highest BCUT2D eigenvalue weighted by Crippen LogP contribution is 2.26. The number of nitrogens with zero attached hydrogens (tertiary/aromatic N) is 2. The number of nitrogens with one attached hydrogen (secondary N) is 1. The Morgan fingerprint density at radius 3 is 2.50 bits per heavy atom. The lowest BCUT2D eigenvalue weighted by Gasteiger charge is -2.20. The quantitative estimate of drug-likeness (QED) is 0.566. The monoisotopic (exact) mass is 339 g/mol. The molecule has 0 saturated heterocycles. The predicted octanol–water partition coefficient (Wildman–Crippen LogP) is 0.476. The van der Waals surface area contributed by atoms with Crippen LogP contribution in [-0.4, -0.2) is 52.4 Å². The van der Waals surface area contributed by atoms with Crippen molar-refractivity contribution in [1.82, 2.24) is 10.2 Å². The summed E-state index contributed by atoms with van der Waals surface area (Å²) in [4.78, 5) is 22.3. The van der Waals surface area contributed by atoms with Gasteiger partial charge in [0.25, 0.3) is 0 Å². The number of aromatic nitrogens is 2. The summed E-state index contributed by atoms with van der Waals surface area (Å²) < 4.78 is 21.8. The molecule has 0 radical (unpaired) electrons. The highest BCUT2D eigenvalue weighted by molar-refractivity contribution is 8.01. The number of sulfone groups is 1. The summed E-state index contributed by atoms with van der Waals surface area (Å²) in [5.74, 6) is -1.88. The van der Waals surface area contributed by atoms with E-state index in [9.17, 15) is 18.0 Å². The van der Waals surface area contributed by atoms with E-state index in [4.69, 9.17) is 5.11 Å². The van der Waals surface area contributed by atoms with Gasteiger partial charge in [-0.2, -0.15) is 0 Å². The maximum atomic E-state index is 11.9. The minimum atomic E-state index is -3.57. The molecule has 0 atom stereocenters. The van der Waals surface area contributed by atoms with Crippen LogP contribution in [0, 0.1) is 0 Å². The standard InChI is InChI=1S/C9H13N3O5S3/c1-9(2,20(3,16)17)6(15)10-7-11-12-8(19-7)18-4-5(13)14/h4H2,1-3H3,(H,13,14)(H,10,11,15). The van der Waals surface area contributed by atoms with E-state index in [0.29, 0.717) is 4.34 Å². The van der Waals surface area contributed by atoms with Crippen LogP contribution in [0.4, 0.5) is 5.13 Å². The third-order valence-electron chi connectivity index (χ3n) is 2.42. The highest BCUT2D eigenvalue weighted by Gasteiger charge is 2.38. The van der Waals surface area contributed by atoms with E-state index < -0.39 is 26.5 Å². The Kier molecular flexibility index (Phi) is 5.10. The molecule has 0 aliphatic rings. The van der Waals surface area contributed by atoms with Crippen LogP contribution in [0.1, 0.15) is 13.8 Å². The van der Waals surface area contributed by atoms with Gasteiger partial charge in [0.05, 0.1) is 5.75 Å². The van der Waals surface area contributed by atoms with Crippen LogP contribution >= 0.6 is 23.1 Å². The van der Waals surface area contributed by atoms with Crippen molar-refractivity contribution in [3.05, 3.63) is 0 Å². The zero-order valence-electron chi connectivity index (χ0n) is 10.9. The van der Waals surface area contributed by atoms with Crippen molar-refractivity contribution in [2.45, 2.75) is 22.9 Å². The second-order valence-electron chi connectivity index (χ2n) is 4.29. The number of hydrogen-bond acceptors (Lipinski definition) is 8. The molecule has 0 unspecified atom stereocenters. The Hall–Kier alpha value is -1.20. The summed E-state index contributed by atoms with van der Waals surface area (Å²) in [5.41, 5.74) is 0. The van der Waals surface area contributed by atoms with Crippen LogP contribution in [0.3, 0.4) is 0 Å². The van der Waals surface area contributed by atoms with E-state index in [1.165, 1.54) is 13.8 Å². The zero-order valence-corrected chi connectivity index (χ0v) is 13.4. The van der Waals surface area contributed by atoms with Gasteiger partial charge in [0.15, 0.2) is 14.2 Å². The number of carboxylic acids is 1. The van der Waals surface area contributed by atoms with E-state index in [0.717, 1.165) is 29.4 Å². The van der Waals surface area contributed by atoms with Crippen molar-refractivity contribution in [3.63, 3.8) is 0 Å². The van der Waals surface area contributed by atoms with E-state index in [1.807, 2.05) is 0 Å². The number of carbonyl (C=O) groups is 2. The van der Waals surface area contributed by atoms with Gasteiger partial charge in [-0.1, -0.05) is 23.1 Å². The average Bonchev–Trinajstić information content (AvgIpc) is 2.72. The molecule has 11 heteroatoms. The van der Waals surface area contributed by atoms with Crippen molar-refractivity contribution in [2.24, 2.45) is 0 Å². The first kappa shape index (κ1) is 16.9. The second-order valence-corrected chi connectivity index (χ2v) is 9.06. The molecule has 112 valence electrons. The van der Waals surface area contributed by atoms with E-state index in [2.05, 4.69) is 15.5 Å². The molecule has 1 amide bonds. The van der Waals surface area contributed by atoms with Gasteiger partial charge in [0.1, 0.15) is 4.75 Å². The lowest BCUT2D eigenvalue weighted by Crippen LogP contribution is -2.43. The maximum absolute atomic E-state index is 11.9. The third-order valence-corrected chi connectivity index (χ3v) is 6.42. The molecular weight excluding hydrogens is 326 g/mol. The molecule has 0 aliphatic carbocycles. The van der Waals surface area contributed by atoms with Gasteiger partial charge in [-0.25, -0.2) is 8.42 Å². The summed E-state index contributed by atoms with van der Waals surface area (Å²) in [5, 5.41) is 18.4. The zero-order chi connectivity index (χ0) is 15.6. The number of carbonyl (C=O) groups excluding carboxylic acids is 1. The van der Waals surface area contributed by atoms with Crippen molar-refractivity contribution < 1.29 is 23.1 Å². The molecule has 20 heavy (non-hydrogen) atoms. The predicted molar refractivity (Wildman–Crippen MR) is 75.8 cm³/mol. The summed E-state index contributed by atoms with van der Waals surface area (Å²) in [6, 6.07) is 0. The van der Waals surface area contributed by atoms with Gasteiger partial charge in [-0.15, -0.1) is 10.2 Å². The highest BCUT2D eigenvalue weighted by atomic mass is 32.2. The van der Waals surface area contributed by atoms with Crippen molar-refractivity contribution in [1.29, 1.82) is 0 Å². The van der Waals surface area contributed by atoms with Gasteiger partial charge in [0, 0.05) is 6.26 Å². The van der Waals surface area contributed by atoms with E-state index >= 15 is 0 Å². The van der Waals surface area contributed by atoms with Crippen molar-refractivity contribution >= 4 is 49.9 Å². The van der Waals surface area contributed by atoms with Gasteiger partial charge in [0.2, 0.25) is 11.0 Å². The van der Waals surface area contributed by atoms with Crippen LogP contribution < -0.4 is 5.32 Å². The lowest BCUT2D eigenvalue weighted by atomic mass is 10.2. The Balaban J connectivity index is 2.75. The molecule has 2 N–H and O–H groups in total. The average molecular weight is 339 g/mol. The van der Waals surface area contributed by atoms with Gasteiger partial charge < -0.3 is 5.11 Å². The van der Waals surface area contributed by atoms with Crippen molar-refractivity contribution in [3.8, 4) is 0 Å². The van der Waals surface area contributed by atoms with Gasteiger partial charge in [-0.3, -0.25) is 14.9 Å². The fourth-order valence-corrected chi connectivity index (χ4v) is 2.71. The first-order chi connectivity index (χ1) is 9.04. The molecule has 8 nitrogen and oxygen atoms in total. The minimum absolute atomic E-state index is 0.125. The molecule has 0 fully saturated rings. The molecule has 1 rings (SSSR count). The van der Waals surface area contributed by atoms with Crippen LogP contribution in [0.25, 0.3) is 0 Å². The summed E-state index contributed by atoms with van der Waals surface area (Å²) in [6.45, 7) is 2.58. The molecule has 0 spiro atoms. The number of amides is 1. The minimum Gasteiger partial charge on any atom is -0.481 e. The molecule has 1 aromatic rings. The van der Waals surface area contributed by atoms with E-state index in [-0.39, 0.29) is 10.9 Å². The topological polar surface area (TPSA) is 126 Å². The van der Waals surface area contributed by atoms with Gasteiger partial charge >= 0.3 is 5.97 Å². The normalized spacial score (nSPS) is 12.2. The maximum Gasteiger partial charge on any atom is 0.313 e. The summed E-state index contributed by atoms with van der Waals surface area (Å²) >= 11 is 1.95. The number of hydrogen-bond donors (Lipinski definition) is 2. The Labute approximate surface area is 123 Å². The van der Waals surface area contributed by atoms with Crippen LogP contribution in [0.2, 0.25) is 0 Å². The fraction of sp³-hybridized carbons (Fsp3) is 0.556.